The van der Waals surface area contributed by atoms with Gasteiger partial charge in [0.25, 0.3) is 5.91 Å². The molecule has 122 valence electrons. The molecule has 1 heterocycles. The minimum Gasteiger partial charge on any atom is -0.495 e. The molecule has 1 aromatic carbocycles. The molecule has 6 nitrogen and oxygen atoms in total. The van der Waals surface area contributed by atoms with Crippen molar-refractivity contribution in [2.75, 3.05) is 24.3 Å². The summed E-state index contributed by atoms with van der Waals surface area (Å²) in [7, 11) is 1.53. The van der Waals surface area contributed by atoms with Crippen LogP contribution in [0.3, 0.4) is 0 Å². The lowest BCUT2D eigenvalue weighted by molar-refractivity contribution is 0.102. The van der Waals surface area contributed by atoms with Crippen LogP contribution in [0, 0.1) is 5.92 Å². The van der Waals surface area contributed by atoms with Gasteiger partial charge < -0.3 is 15.4 Å². The Hall–Kier alpha value is -2.34. The number of rotatable bonds is 6. The molecule has 23 heavy (non-hydrogen) atoms. The van der Waals surface area contributed by atoms with E-state index in [0.717, 1.165) is 6.54 Å². The molecule has 2 aromatic rings. The highest BCUT2D eigenvalue weighted by molar-refractivity contribution is 6.32. The molecule has 2 rings (SSSR count). The number of halogens is 1. The van der Waals surface area contributed by atoms with Gasteiger partial charge in [-0.05, 0) is 30.2 Å². The number of aromatic nitrogens is 2. The lowest BCUT2D eigenvalue weighted by Crippen LogP contribution is -2.16. The zero-order valence-corrected chi connectivity index (χ0v) is 14.0. The van der Waals surface area contributed by atoms with Crippen LogP contribution in [0.2, 0.25) is 5.02 Å². The summed E-state index contributed by atoms with van der Waals surface area (Å²) in [4.78, 5) is 20.6. The van der Waals surface area contributed by atoms with Crippen LogP contribution in [0.15, 0.2) is 30.5 Å². The minimum atomic E-state index is -0.332. The first-order chi connectivity index (χ1) is 11.0. The van der Waals surface area contributed by atoms with Crippen molar-refractivity contribution in [1.29, 1.82) is 0 Å². The fraction of sp³-hybridized carbons (Fsp3) is 0.312. The molecule has 0 spiro atoms. The second-order valence-electron chi connectivity index (χ2n) is 5.34. The predicted molar refractivity (Wildman–Crippen MR) is 91.3 cm³/mol. The predicted octanol–water partition coefficient (Wildman–Crippen LogP) is 3.46. The number of hydrogen-bond acceptors (Lipinski definition) is 5. The molecule has 0 aliphatic carbocycles. The molecular weight excluding hydrogens is 316 g/mol. The van der Waals surface area contributed by atoms with Crippen molar-refractivity contribution in [2.45, 2.75) is 13.8 Å². The minimum absolute atomic E-state index is 0.276. The zero-order valence-electron chi connectivity index (χ0n) is 13.3. The van der Waals surface area contributed by atoms with Crippen LogP contribution in [0.4, 0.5) is 11.6 Å². The van der Waals surface area contributed by atoms with Crippen molar-refractivity contribution in [2.24, 2.45) is 5.92 Å². The topological polar surface area (TPSA) is 76.1 Å². The second-order valence-corrected chi connectivity index (χ2v) is 5.75. The molecule has 0 fully saturated rings. The van der Waals surface area contributed by atoms with Crippen molar-refractivity contribution in [3.05, 3.63) is 41.2 Å². The lowest BCUT2D eigenvalue weighted by atomic mass is 10.2. The molecule has 2 N–H and O–H groups in total. The molecule has 0 saturated heterocycles. The van der Waals surface area contributed by atoms with Gasteiger partial charge in [0.05, 0.1) is 12.1 Å². The molecule has 1 amide bonds. The summed E-state index contributed by atoms with van der Waals surface area (Å²) in [6.45, 7) is 4.90. The number of amides is 1. The van der Waals surface area contributed by atoms with Gasteiger partial charge in [0.2, 0.25) is 5.95 Å². The number of hydrogen-bond donors (Lipinski definition) is 2. The zero-order chi connectivity index (χ0) is 16.8. The maximum absolute atomic E-state index is 12.3. The van der Waals surface area contributed by atoms with Gasteiger partial charge in [-0.2, -0.15) is 0 Å². The normalized spacial score (nSPS) is 10.5. The number of benzene rings is 1. The molecule has 1 aromatic heterocycles. The first kappa shape index (κ1) is 17.0. The maximum atomic E-state index is 12.3. The Morgan fingerprint density at radius 3 is 2.78 bits per heavy atom. The second kappa shape index (κ2) is 7.78. The van der Waals surface area contributed by atoms with E-state index in [-0.39, 0.29) is 11.6 Å². The third-order valence-corrected chi connectivity index (χ3v) is 3.26. The Morgan fingerprint density at radius 2 is 2.13 bits per heavy atom. The van der Waals surface area contributed by atoms with Crippen molar-refractivity contribution in [1.82, 2.24) is 9.97 Å². The third-order valence-electron chi connectivity index (χ3n) is 2.97. The molecule has 0 aliphatic heterocycles. The van der Waals surface area contributed by atoms with Crippen LogP contribution in [-0.2, 0) is 0 Å². The number of nitrogens with one attached hydrogen (secondary N) is 2. The SMILES string of the molecule is COc1ccc(NC(=O)c2ccnc(NCC(C)C)n2)cc1Cl. The summed E-state index contributed by atoms with van der Waals surface area (Å²) in [5.74, 6) is 1.10. The Bertz CT molecular complexity index is 692. The number of nitrogens with zero attached hydrogens (tertiary/aromatic N) is 2. The van der Waals surface area contributed by atoms with Crippen LogP contribution >= 0.6 is 11.6 Å². The fourth-order valence-corrected chi connectivity index (χ4v) is 2.06. The smallest absolute Gasteiger partial charge is 0.274 e. The molecule has 0 aliphatic rings. The number of carbonyl (C=O) groups is 1. The monoisotopic (exact) mass is 334 g/mol. The molecule has 0 atom stereocenters. The average Bonchev–Trinajstić information content (AvgIpc) is 2.53. The third kappa shape index (κ3) is 4.82. The summed E-state index contributed by atoms with van der Waals surface area (Å²) >= 11 is 6.04. The quantitative estimate of drug-likeness (QED) is 0.846. The van der Waals surface area contributed by atoms with E-state index < -0.39 is 0 Å². The van der Waals surface area contributed by atoms with Gasteiger partial charge in [0.1, 0.15) is 11.4 Å². The van der Waals surface area contributed by atoms with Crippen molar-refractivity contribution < 1.29 is 9.53 Å². The van der Waals surface area contributed by atoms with Crippen molar-refractivity contribution in [3.8, 4) is 5.75 Å². The fourth-order valence-electron chi connectivity index (χ4n) is 1.81. The van der Waals surface area contributed by atoms with Gasteiger partial charge >= 0.3 is 0 Å². The van der Waals surface area contributed by atoms with Gasteiger partial charge in [-0.25, -0.2) is 9.97 Å². The highest BCUT2D eigenvalue weighted by Crippen LogP contribution is 2.27. The van der Waals surface area contributed by atoms with Crippen LogP contribution in [0.1, 0.15) is 24.3 Å². The summed E-state index contributed by atoms with van der Waals surface area (Å²) in [5, 5.41) is 6.26. The molecule has 0 saturated carbocycles. The molecule has 0 radical (unpaired) electrons. The first-order valence-electron chi connectivity index (χ1n) is 7.21. The van der Waals surface area contributed by atoms with Crippen LogP contribution in [0.5, 0.6) is 5.75 Å². The van der Waals surface area contributed by atoms with Gasteiger partial charge in [-0.15, -0.1) is 0 Å². The summed E-state index contributed by atoms with van der Waals surface area (Å²) in [6, 6.07) is 6.58. The molecule has 7 heteroatoms. The van der Waals surface area contributed by atoms with Crippen LogP contribution in [0.25, 0.3) is 0 Å². The number of methoxy groups -OCH3 is 1. The highest BCUT2D eigenvalue weighted by atomic mass is 35.5. The van der Waals surface area contributed by atoms with E-state index in [2.05, 4.69) is 34.4 Å². The number of anilines is 2. The van der Waals surface area contributed by atoms with E-state index in [1.165, 1.54) is 7.11 Å². The Morgan fingerprint density at radius 1 is 1.35 bits per heavy atom. The average molecular weight is 335 g/mol. The molecule has 0 unspecified atom stereocenters. The number of ether oxygens (including phenoxy) is 1. The van der Waals surface area contributed by atoms with Crippen molar-refractivity contribution in [3.63, 3.8) is 0 Å². The Balaban J connectivity index is 2.08. The van der Waals surface area contributed by atoms with Crippen LogP contribution < -0.4 is 15.4 Å². The standard InChI is InChI=1S/C16H19ClN4O2/c1-10(2)9-19-16-18-7-6-13(21-16)15(22)20-11-4-5-14(23-3)12(17)8-11/h4-8,10H,9H2,1-3H3,(H,20,22)(H,18,19,21). The summed E-state index contributed by atoms with van der Waals surface area (Å²) in [6.07, 6.45) is 1.55. The van der Waals surface area contributed by atoms with E-state index in [1.807, 2.05) is 0 Å². The maximum Gasteiger partial charge on any atom is 0.274 e. The molecular formula is C16H19ClN4O2. The lowest BCUT2D eigenvalue weighted by Gasteiger charge is -2.09. The van der Waals surface area contributed by atoms with Gasteiger partial charge in [0, 0.05) is 18.4 Å². The van der Waals surface area contributed by atoms with Crippen molar-refractivity contribution >= 4 is 29.1 Å². The largest absolute Gasteiger partial charge is 0.495 e. The Kier molecular flexibility index (Phi) is 5.76. The summed E-state index contributed by atoms with van der Waals surface area (Å²) in [5.41, 5.74) is 0.842. The number of carbonyl (C=O) groups excluding carboxylic acids is 1. The highest BCUT2D eigenvalue weighted by Gasteiger charge is 2.11. The molecule has 0 bridgehead atoms. The van der Waals surface area contributed by atoms with E-state index in [1.54, 1.807) is 30.5 Å². The first-order valence-corrected chi connectivity index (χ1v) is 7.59. The van der Waals surface area contributed by atoms with E-state index in [4.69, 9.17) is 16.3 Å². The van der Waals surface area contributed by atoms with E-state index >= 15 is 0 Å². The van der Waals surface area contributed by atoms with E-state index in [9.17, 15) is 4.79 Å². The van der Waals surface area contributed by atoms with Crippen LogP contribution in [-0.4, -0.2) is 29.5 Å². The Labute approximate surface area is 140 Å². The van der Waals surface area contributed by atoms with Gasteiger partial charge in [-0.1, -0.05) is 25.4 Å². The van der Waals surface area contributed by atoms with Gasteiger partial charge in [0.15, 0.2) is 0 Å². The summed E-state index contributed by atoms with van der Waals surface area (Å²) < 4.78 is 5.08. The van der Waals surface area contributed by atoms with E-state index in [0.29, 0.717) is 28.3 Å². The van der Waals surface area contributed by atoms with Gasteiger partial charge in [-0.3, -0.25) is 4.79 Å².